The quantitative estimate of drug-likeness (QED) is 0.550. The molecule has 0 unspecified atom stereocenters. The highest BCUT2D eigenvalue weighted by molar-refractivity contribution is 5.80. The number of aliphatic imine (C=N–C) groups is 1. The minimum absolute atomic E-state index is 0.514. The number of hydrogen-bond donors (Lipinski definition) is 1. The number of benzene rings is 1. The van der Waals surface area contributed by atoms with Crippen molar-refractivity contribution in [2.75, 3.05) is 46.9 Å². The molecule has 0 atom stereocenters. The van der Waals surface area contributed by atoms with Crippen LogP contribution in [0.25, 0.3) is 0 Å². The van der Waals surface area contributed by atoms with Crippen molar-refractivity contribution >= 4 is 5.96 Å². The van der Waals surface area contributed by atoms with Gasteiger partial charge < -0.3 is 24.3 Å². The largest absolute Gasteiger partial charge is 0.497 e. The Kier molecular flexibility index (Phi) is 7.29. The summed E-state index contributed by atoms with van der Waals surface area (Å²) in [5.41, 5.74) is 1.14. The van der Waals surface area contributed by atoms with Gasteiger partial charge >= 0.3 is 0 Å². The van der Waals surface area contributed by atoms with Gasteiger partial charge in [0.15, 0.2) is 11.8 Å². The summed E-state index contributed by atoms with van der Waals surface area (Å²) in [6, 6.07) is 5.95. The van der Waals surface area contributed by atoms with Crippen molar-refractivity contribution in [1.82, 2.24) is 29.9 Å². The second-order valence-corrected chi connectivity index (χ2v) is 6.97. The van der Waals surface area contributed by atoms with E-state index in [0.29, 0.717) is 6.54 Å². The molecule has 2 heterocycles. The maximum atomic E-state index is 5.52. The fourth-order valence-electron chi connectivity index (χ4n) is 3.39. The smallest absolute Gasteiger partial charge is 0.194 e. The summed E-state index contributed by atoms with van der Waals surface area (Å²) in [5, 5.41) is 11.4. The number of nitrogens with one attached hydrogen (secondary N) is 1. The highest BCUT2D eigenvalue weighted by Crippen LogP contribution is 2.25. The molecule has 1 fully saturated rings. The third-order valence-electron chi connectivity index (χ3n) is 5.06. The number of guanidine groups is 1. The van der Waals surface area contributed by atoms with E-state index in [1.807, 2.05) is 23.7 Å². The fourth-order valence-corrected chi connectivity index (χ4v) is 3.39. The fraction of sp³-hybridized carbons (Fsp3) is 0.550. The zero-order valence-electron chi connectivity index (χ0n) is 17.8. The van der Waals surface area contributed by atoms with Crippen molar-refractivity contribution in [3.63, 3.8) is 0 Å². The number of nitrogens with zero attached hydrogens (tertiary/aromatic N) is 6. The Hall–Kier alpha value is -2.81. The predicted octanol–water partition coefficient (Wildman–Crippen LogP) is 1.12. The summed E-state index contributed by atoms with van der Waals surface area (Å²) in [5.74, 6) is 3.52. The molecule has 1 N–H and O–H groups in total. The minimum atomic E-state index is 0.514. The molecule has 0 aliphatic carbocycles. The average Bonchev–Trinajstić information content (AvgIpc) is 3.16. The lowest BCUT2D eigenvalue weighted by molar-refractivity contribution is 0.171. The molecule has 1 aliphatic heterocycles. The van der Waals surface area contributed by atoms with Crippen LogP contribution < -0.4 is 14.8 Å². The van der Waals surface area contributed by atoms with Gasteiger partial charge in [-0.25, -0.2) is 4.99 Å². The predicted molar refractivity (Wildman–Crippen MR) is 112 cm³/mol. The molecule has 3 rings (SSSR count). The van der Waals surface area contributed by atoms with Crippen molar-refractivity contribution < 1.29 is 9.47 Å². The summed E-state index contributed by atoms with van der Waals surface area (Å²) >= 11 is 0. The highest BCUT2D eigenvalue weighted by atomic mass is 16.5. The molecule has 29 heavy (non-hydrogen) atoms. The molecule has 9 nitrogen and oxygen atoms in total. The lowest BCUT2D eigenvalue weighted by atomic mass is 10.1. The zero-order valence-corrected chi connectivity index (χ0v) is 17.8. The highest BCUT2D eigenvalue weighted by Gasteiger charge is 2.21. The first kappa shape index (κ1) is 20.9. The normalized spacial score (nSPS) is 15.4. The topological polar surface area (TPSA) is 80.0 Å². The molecule has 0 radical (unpaired) electrons. The molecule has 1 saturated heterocycles. The Morgan fingerprint density at radius 1 is 1.17 bits per heavy atom. The maximum Gasteiger partial charge on any atom is 0.194 e. The average molecular weight is 402 g/mol. The van der Waals surface area contributed by atoms with E-state index in [1.54, 1.807) is 20.5 Å². The van der Waals surface area contributed by atoms with Crippen molar-refractivity contribution in [2.24, 2.45) is 12.0 Å². The van der Waals surface area contributed by atoms with Gasteiger partial charge in [-0.2, -0.15) is 0 Å². The van der Waals surface area contributed by atoms with Crippen LogP contribution in [0.4, 0.5) is 0 Å². The number of aryl methyl sites for hydroxylation is 1. The molecule has 0 bridgehead atoms. The molecule has 0 amide bonds. The Morgan fingerprint density at radius 2 is 1.97 bits per heavy atom. The first-order valence-corrected chi connectivity index (χ1v) is 9.94. The van der Waals surface area contributed by atoms with Crippen molar-refractivity contribution in [3.8, 4) is 11.5 Å². The summed E-state index contributed by atoms with van der Waals surface area (Å²) in [6.45, 7) is 8.00. The standard InChI is InChI=1S/C20H31N7O2/c1-5-21-20(22-13-19-24-23-15-25(19)2)27-10-8-26(9-11-27)14-16-12-17(28-3)6-7-18(16)29-4/h6-7,12,15H,5,8-11,13-14H2,1-4H3,(H,21,22). The number of hydrogen-bond acceptors (Lipinski definition) is 6. The molecule has 1 aromatic heterocycles. The van der Waals surface area contributed by atoms with Gasteiger partial charge in [0.1, 0.15) is 24.4 Å². The van der Waals surface area contributed by atoms with Crippen LogP contribution in [-0.2, 0) is 20.1 Å². The van der Waals surface area contributed by atoms with Gasteiger partial charge in [-0.05, 0) is 25.1 Å². The number of aromatic nitrogens is 3. The second-order valence-electron chi connectivity index (χ2n) is 6.97. The van der Waals surface area contributed by atoms with Gasteiger partial charge in [-0.15, -0.1) is 10.2 Å². The lowest BCUT2D eigenvalue weighted by Crippen LogP contribution is -2.52. The molecular formula is C20H31N7O2. The van der Waals surface area contributed by atoms with Crippen LogP contribution in [0.1, 0.15) is 18.3 Å². The molecule has 9 heteroatoms. The van der Waals surface area contributed by atoms with Crippen LogP contribution in [0.3, 0.4) is 0 Å². The molecule has 158 valence electrons. The zero-order chi connectivity index (χ0) is 20.6. The van der Waals surface area contributed by atoms with Crippen LogP contribution in [-0.4, -0.2) is 77.5 Å². The monoisotopic (exact) mass is 401 g/mol. The van der Waals surface area contributed by atoms with E-state index in [4.69, 9.17) is 14.5 Å². The van der Waals surface area contributed by atoms with Crippen LogP contribution >= 0.6 is 0 Å². The molecule has 0 spiro atoms. The molecule has 2 aromatic rings. The third kappa shape index (κ3) is 5.38. The van der Waals surface area contributed by atoms with Crippen LogP contribution in [0.15, 0.2) is 29.5 Å². The maximum absolute atomic E-state index is 5.52. The van der Waals surface area contributed by atoms with E-state index in [1.165, 1.54) is 0 Å². The van der Waals surface area contributed by atoms with Gasteiger partial charge in [-0.3, -0.25) is 4.90 Å². The number of rotatable bonds is 7. The van der Waals surface area contributed by atoms with E-state index in [-0.39, 0.29) is 0 Å². The lowest BCUT2D eigenvalue weighted by Gasteiger charge is -2.36. The Morgan fingerprint density at radius 3 is 2.59 bits per heavy atom. The van der Waals surface area contributed by atoms with E-state index in [2.05, 4.69) is 38.3 Å². The van der Waals surface area contributed by atoms with Gasteiger partial charge in [-0.1, -0.05) is 0 Å². The van der Waals surface area contributed by atoms with Crippen LogP contribution in [0.5, 0.6) is 11.5 Å². The van der Waals surface area contributed by atoms with Crippen LogP contribution in [0, 0.1) is 0 Å². The summed E-state index contributed by atoms with van der Waals surface area (Å²) in [6.07, 6.45) is 1.70. The minimum Gasteiger partial charge on any atom is -0.497 e. The van der Waals surface area contributed by atoms with Gasteiger partial charge in [0.25, 0.3) is 0 Å². The summed E-state index contributed by atoms with van der Waals surface area (Å²) in [7, 11) is 5.33. The van der Waals surface area contributed by atoms with Gasteiger partial charge in [0, 0.05) is 51.9 Å². The first-order valence-electron chi connectivity index (χ1n) is 9.94. The van der Waals surface area contributed by atoms with E-state index in [0.717, 1.165) is 68.1 Å². The van der Waals surface area contributed by atoms with Gasteiger partial charge in [0.05, 0.1) is 14.2 Å². The van der Waals surface area contributed by atoms with Gasteiger partial charge in [0.2, 0.25) is 0 Å². The summed E-state index contributed by atoms with van der Waals surface area (Å²) in [4.78, 5) is 9.49. The molecular weight excluding hydrogens is 370 g/mol. The third-order valence-corrected chi connectivity index (χ3v) is 5.06. The summed E-state index contributed by atoms with van der Waals surface area (Å²) < 4.78 is 12.8. The van der Waals surface area contributed by atoms with E-state index in [9.17, 15) is 0 Å². The molecule has 0 saturated carbocycles. The van der Waals surface area contributed by atoms with Crippen molar-refractivity contribution in [3.05, 3.63) is 35.9 Å². The first-order chi connectivity index (χ1) is 14.1. The van der Waals surface area contributed by atoms with Crippen LogP contribution in [0.2, 0.25) is 0 Å². The SMILES string of the molecule is CCNC(=NCc1nncn1C)N1CCN(Cc2cc(OC)ccc2OC)CC1. The molecule has 1 aromatic carbocycles. The van der Waals surface area contributed by atoms with E-state index >= 15 is 0 Å². The van der Waals surface area contributed by atoms with Crippen molar-refractivity contribution in [1.29, 1.82) is 0 Å². The Balaban J connectivity index is 1.60. The Labute approximate surface area is 172 Å². The second kappa shape index (κ2) is 10.1. The van der Waals surface area contributed by atoms with E-state index < -0.39 is 0 Å². The number of piperazine rings is 1. The Bertz CT molecular complexity index is 813. The van der Waals surface area contributed by atoms with Crippen molar-refractivity contribution in [2.45, 2.75) is 20.0 Å². The number of ether oxygens (including phenoxy) is 2. The molecule has 1 aliphatic rings. The number of methoxy groups -OCH3 is 2.